The number of ether oxygens (including phenoxy) is 1. The Labute approximate surface area is 133 Å². The monoisotopic (exact) mass is 328 g/mol. The number of nitrogens with one attached hydrogen (secondary N) is 1. The summed E-state index contributed by atoms with van der Waals surface area (Å²) >= 11 is 0. The Bertz CT molecular complexity index is 575. The minimum absolute atomic E-state index is 0.0201. The minimum Gasteiger partial charge on any atom is -0.342 e. The molecule has 0 bridgehead atoms. The maximum Gasteiger partial charge on any atom is 0.345 e. The smallest absolute Gasteiger partial charge is 0.342 e. The molecule has 1 N–H and O–H groups in total. The zero-order valence-corrected chi connectivity index (χ0v) is 13.0. The number of nitrogens with zero attached hydrogens (tertiary/aromatic N) is 3. The van der Waals surface area contributed by atoms with Gasteiger partial charge < -0.3 is 14.5 Å². The first-order valence-electron chi connectivity index (χ1n) is 8.10. The molecule has 3 rings (SSSR count). The third-order valence-electron chi connectivity index (χ3n) is 4.50. The van der Waals surface area contributed by atoms with Crippen molar-refractivity contribution in [1.82, 2.24) is 14.9 Å². The Morgan fingerprint density at radius 3 is 2.87 bits per heavy atom. The van der Waals surface area contributed by atoms with Crippen molar-refractivity contribution in [2.75, 3.05) is 44.2 Å². The lowest BCUT2D eigenvalue weighted by Crippen LogP contribution is -2.27. The topological polar surface area (TPSA) is 61.5 Å². The van der Waals surface area contributed by atoms with E-state index in [9.17, 15) is 13.6 Å². The number of halogens is 2. The highest BCUT2D eigenvalue weighted by molar-refractivity contribution is 5.32. The van der Waals surface area contributed by atoms with Crippen molar-refractivity contribution in [3.05, 3.63) is 22.1 Å². The zero-order chi connectivity index (χ0) is 16.2. The van der Waals surface area contributed by atoms with Crippen LogP contribution in [-0.2, 0) is 4.74 Å². The third-order valence-corrected chi connectivity index (χ3v) is 4.50. The van der Waals surface area contributed by atoms with Crippen molar-refractivity contribution in [3.8, 4) is 0 Å². The van der Waals surface area contributed by atoms with Crippen molar-refractivity contribution < 1.29 is 13.5 Å². The number of rotatable bonds is 6. The van der Waals surface area contributed by atoms with Gasteiger partial charge in [0.25, 0.3) is 5.56 Å². The molecule has 2 saturated heterocycles. The standard InChI is InChI=1S/C15H22F2N4O2/c16-14(17)23-8-7-20-6-3-11(10-20)12-9-13(22)19-15(18-12)21-4-1-2-5-21/h9,11,14H,1-8,10H2,(H,18,19,22). The molecular formula is C15H22F2N4O2. The van der Waals surface area contributed by atoms with E-state index >= 15 is 0 Å². The first kappa shape index (κ1) is 16.3. The van der Waals surface area contributed by atoms with Crippen LogP contribution in [0.2, 0.25) is 0 Å². The van der Waals surface area contributed by atoms with Gasteiger partial charge in [-0.3, -0.25) is 9.78 Å². The summed E-state index contributed by atoms with van der Waals surface area (Å²) in [5, 5.41) is 0. The zero-order valence-electron chi connectivity index (χ0n) is 13.0. The normalized spacial score (nSPS) is 22.4. The summed E-state index contributed by atoms with van der Waals surface area (Å²) in [6, 6.07) is 1.56. The maximum absolute atomic E-state index is 12.0. The van der Waals surface area contributed by atoms with Crippen molar-refractivity contribution in [3.63, 3.8) is 0 Å². The van der Waals surface area contributed by atoms with Crippen LogP contribution in [0.5, 0.6) is 0 Å². The highest BCUT2D eigenvalue weighted by Crippen LogP contribution is 2.26. The van der Waals surface area contributed by atoms with Gasteiger partial charge in [0.2, 0.25) is 5.95 Å². The highest BCUT2D eigenvalue weighted by Gasteiger charge is 2.26. The quantitative estimate of drug-likeness (QED) is 0.855. The van der Waals surface area contributed by atoms with Crippen molar-refractivity contribution >= 4 is 5.95 Å². The van der Waals surface area contributed by atoms with Gasteiger partial charge in [0.05, 0.1) is 12.3 Å². The van der Waals surface area contributed by atoms with Gasteiger partial charge >= 0.3 is 6.61 Å². The lowest BCUT2D eigenvalue weighted by atomic mass is 10.1. The number of hydrogen-bond donors (Lipinski definition) is 1. The average Bonchev–Trinajstić information content (AvgIpc) is 3.18. The highest BCUT2D eigenvalue weighted by atomic mass is 19.3. The molecular weight excluding hydrogens is 306 g/mol. The molecule has 23 heavy (non-hydrogen) atoms. The summed E-state index contributed by atoms with van der Waals surface area (Å²) in [7, 11) is 0. The molecule has 1 aromatic heterocycles. The van der Waals surface area contributed by atoms with Crippen molar-refractivity contribution in [2.24, 2.45) is 0 Å². The van der Waals surface area contributed by atoms with Gasteiger partial charge in [-0.2, -0.15) is 8.78 Å². The van der Waals surface area contributed by atoms with E-state index in [0.29, 0.717) is 12.5 Å². The van der Waals surface area contributed by atoms with Gasteiger partial charge in [-0.1, -0.05) is 0 Å². The lowest BCUT2D eigenvalue weighted by molar-refractivity contribution is -0.131. The largest absolute Gasteiger partial charge is 0.345 e. The predicted octanol–water partition coefficient (Wildman–Crippen LogP) is 1.40. The summed E-state index contributed by atoms with van der Waals surface area (Å²) in [6.45, 7) is 1.16. The van der Waals surface area contributed by atoms with Gasteiger partial charge in [-0.15, -0.1) is 0 Å². The number of aromatic amines is 1. The van der Waals surface area contributed by atoms with E-state index in [4.69, 9.17) is 0 Å². The van der Waals surface area contributed by atoms with Gasteiger partial charge in [0, 0.05) is 38.2 Å². The van der Waals surface area contributed by atoms with E-state index in [-0.39, 0.29) is 18.1 Å². The van der Waals surface area contributed by atoms with Crippen LogP contribution in [0.4, 0.5) is 14.7 Å². The summed E-state index contributed by atoms with van der Waals surface area (Å²) in [5.74, 6) is 0.828. The van der Waals surface area contributed by atoms with Crippen LogP contribution in [0.1, 0.15) is 30.9 Å². The molecule has 128 valence electrons. The lowest BCUT2D eigenvalue weighted by Gasteiger charge is -2.18. The average molecular weight is 328 g/mol. The Morgan fingerprint density at radius 1 is 1.35 bits per heavy atom. The summed E-state index contributed by atoms with van der Waals surface area (Å²) in [4.78, 5) is 23.5. The second-order valence-electron chi connectivity index (χ2n) is 6.11. The molecule has 8 heteroatoms. The fourth-order valence-electron chi connectivity index (χ4n) is 3.30. The molecule has 0 saturated carbocycles. The Hall–Kier alpha value is -1.54. The summed E-state index contributed by atoms with van der Waals surface area (Å²) in [6.07, 6.45) is 3.12. The van der Waals surface area contributed by atoms with Crippen molar-refractivity contribution in [2.45, 2.75) is 31.8 Å². The van der Waals surface area contributed by atoms with Crippen LogP contribution in [0, 0.1) is 0 Å². The maximum atomic E-state index is 12.0. The number of alkyl halides is 2. The number of anilines is 1. The number of hydrogen-bond acceptors (Lipinski definition) is 5. The van der Waals surface area contributed by atoms with Gasteiger partial charge in [-0.05, 0) is 25.8 Å². The summed E-state index contributed by atoms with van der Waals surface area (Å²) in [5.41, 5.74) is 0.671. The number of likely N-dealkylation sites (tertiary alicyclic amines) is 1. The molecule has 0 radical (unpaired) electrons. The first-order valence-corrected chi connectivity index (χ1v) is 8.10. The molecule has 2 aliphatic rings. The van der Waals surface area contributed by atoms with E-state index in [1.165, 1.54) is 0 Å². The fourth-order valence-corrected chi connectivity index (χ4v) is 3.30. The first-order chi connectivity index (χ1) is 11.1. The minimum atomic E-state index is -2.72. The predicted molar refractivity (Wildman–Crippen MR) is 82.1 cm³/mol. The fraction of sp³-hybridized carbons (Fsp3) is 0.733. The van der Waals surface area contributed by atoms with Crippen LogP contribution in [-0.4, -0.2) is 60.8 Å². The molecule has 2 aliphatic heterocycles. The molecule has 1 atom stereocenters. The molecule has 3 heterocycles. The van der Waals surface area contributed by atoms with E-state index < -0.39 is 6.61 Å². The van der Waals surface area contributed by atoms with Gasteiger partial charge in [0.15, 0.2) is 0 Å². The molecule has 1 unspecified atom stereocenters. The van der Waals surface area contributed by atoms with Gasteiger partial charge in [0.1, 0.15) is 0 Å². The van der Waals surface area contributed by atoms with Crippen LogP contribution < -0.4 is 10.5 Å². The molecule has 6 nitrogen and oxygen atoms in total. The summed E-state index contributed by atoms with van der Waals surface area (Å²) < 4.78 is 28.3. The van der Waals surface area contributed by atoms with Crippen LogP contribution in [0.3, 0.4) is 0 Å². The second-order valence-corrected chi connectivity index (χ2v) is 6.11. The number of aromatic nitrogens is 2. The molecule has 2 fully saturated rings. The molecule has 0 spiro atoms. The Morgan fingerprint density at radius 2 is 2.13 bits per heavy atom. The number of H-pyrrole nitrogens is 1. The molecule has 0 aliphatic carbocycles. The molecule has 1 aromatic rings. The SMILES string of the molecule is O=c1cc(C2CCN(CCOC(F)F)C2)nc(N2CCCC2)[nH]1. The van der Waals surface area contributed by atoms with E-state index in [1.54, 1.807) is 6.07 Å². The second kappa shape index (κ2) is 7.35. The Balaban J connectivity index is 1.62. The Kier molecular flexibility index (Phi) is 5.22. The van der Waals surface area contributed by atoms with Crippen LogP contribution in [0.25, 0.3) is 0 Å². The van der Waals surface area contributed by atoms with E-state index in [1.807, 2.05) is 0 Å². The van der Waals surface area contributed by atoms with Crippen LogP contribution >= 0.6 is 0 Å². The van der Waals surface area contributed by atoms with E-state index in [2.05, 4.69) is 24.5 Å². The third kappa shape index (κ3) is 4.26. The van der Waals surface area contributed by atoms with Crippen molar-refractivity contribution in [1.29, 1.82) is 0 Å². The van der Waals surface area contributed by atoms with Gasteiger partial charge in [-0.25, -0.2) is 4.98 Å². The van der Waals surface area contributed by atoms with E-state index in [0.717, 1.165) is 51.1 Å². The molecule has 0 amide bonds. The molecule has 0 aromatic carbocycles. The van der Waals surface area contributed by atoms with Crippen LogP contribution in [0.15, 0.2) is 10.9 Å².